The third-order valence-electron chi connectivity index (χ3n) is 3.00. The maximum atomic E-state index is 12.1. The van der Waals surface area contributed by atoms with E-state index in [4.69, 9.17) is 0 Å². The fraction of sp³-hybridized carbons (Fsp3) is 0.417. The molecular formula is C12H15N3O3. The molecule has 1 fully saturated rings. The number of amides is 1. The maximum Gasteiger partial charge on any atom is 0.263 e. The number of nitrogens with one attached hydrogen (secondary N) is 1. The number of likely N-dealkylation sites (tertiary alicyclic amines) is 1. The van der Waals surface area contributed by atoms with Gasteiger partial charge in [0.05, 0.1) is 12.6 Å². The number of pyridine rings is 1. The van der Waals surface area contributed by atoms with Gasteiger partial charge >= 0.3 is 0 Å². The lowest BCUT2D eigenvalue weighted by atomic mass is 10.1. The van der Waals surface area contributed by atoms with Gasteiger partial charge in [0.25, 0.3) is 11.5 Å². The molecule has 1 amide bonds. The van der Waals surface area contributed by atoms with Crippen molar-refractivity contribution in [2.75, 3.05) is 26.7 Å². The molecule has 0 radical (unpaired) electrons. The molecule has 96 valence electrons. The van der Waals surface area contributed by atoms with Crippen molar-refractivity contribution in [3.63, 3.8) is 0 Å². The predicted molar refractivity (Wildman–Crippen MR) is 65.6 cm³/mol. The minimum atomic E-state index is -0.505. The molecule has 2 heterocycles. The van der Waals surface area contributed by atoms with E-state index in [-0.39, 0.29) is 23.7 Å². The van der Waals surface area contributed by atoms with Gasteiger partial charge in [0, 0.05) is 19.3 Å². The number of rotatable bonds is 4. The van der Waals surface area contributed by atoms with Crippen LogP contribution in [0.4, 0.5) is 0 Å². The fourth-order valence-corrected chi connectivity index (χ4v) is 2.04. The van der Waals surface area contributed by atoms with Crippen LogP contribution in [0.15, 0.2) is 23.1 Å². The van der Waals surface area contributed by atoms with Crippen LogP contribution in [-0.4, -0.2) is 48.3 Å². The molecule has 1 aromatic heterocycles. The molecule has 0 bridgehead atoms. The highest BCUT2D eigenvalue weighted by Crippen LogP contribution is 2.16. The normalized spacial score (nSPS) is 16.1. The van der Waals surface area contributed by atoms with Gasteiger partial charge < -0.3 is 19.6 Å². The lowest BCUT2D eigenvalue weighted by molar-refractivity contribution is -0.107. The first-order valence-electron chi connectivity index (χ1n) is 5.75. The molecule has 18 heavy (non-hydrogen) atoms. The summed E-state index contributed by atoms with van der Waals surface area (Å²) in [5.74, 6) is -0.505. The van der Waals surface area contributed by atoms with Crippen LogP contribution in [0.3, 0.4) is 0 Å². The number of aldehydes is 1. The van der Waals surface area contributed by atoms with Gasteiger partial charge in [-0.05, 0) is 19.2 Å². The predicted octanol–water partition coefficient (Wildman–Crippen LogP) is -0.736. The standard InChI is InChI=1S/C12H15N3O3/c1-14-7-9(8-14)15-5-2-3-10(12(15)18)11(17)13-4-6-16/h2-3,5-6,9H,4,7-8H2,1H3,(H,13,17). The smallest absolute Gasteiger partial charge is 0.263 e. The molecule has 1 saturated heterocycles. The second-order valence-corrected chi connectivity index (χ2v) is 4.39. The van der Waals surface area contributed by atoms with Gasteiger partial charge in [0.15, 0.2) is 0 Å². The molecule has 1 aliphatic rings. The Hall–Kier alpha value is -1.95. The zero-order chi connectivity index (χ0) is 13.1. The summed E-state index contributed by atoms with van der Waals surface area (Å²) in [5.41, 5.74) is -0.229. The third kappa shape index (κ3) is 2.33. The first-order valence-corrected chi connectivity index (χ1v) is 5.75. The zero-order valence-corrected chi connectivity index (χ0v) is 10.1. The van der Waals surface area contributed by atoms with Crippen molar-refractivity contribution < 1.29 is 9.59 Å². The van der Waals surface area contributed by atoms with Crippen LogP contribution in [0.1, 0.15) is 16.4 Å². The average Bonchev–Trinajstić information content (AvgIpc) is 2.33. The number of nitrogens with zero attached hydrogens (tertiary/aromatic N) is 2. The minimum absolute atomic E-state index is 0.0777. The van der Waals surface area contributed by atoms with E-state index in [2.05, 4.69) is 10.2 Å². The Morgan fingerprint density at radius 2 is 2.28 bits per heavy atom. The van der Waals surface area contributed by atoms with Crippen molar-refractivity contribution in [2.24, 2.45) is 0 Å². The summed E-state index contributed by atoms with van der Waals surface area (Å²) in [7, 11) is 1.97. The number of hydrogen-bond donors (Lipinski definition) is 1. The second kappa shape index (κ2) is 5.14. The SMILES string of the molecule is CN1CC(n2cccc(C(=O)NCC=O)c2=O)C1. The number of hydrogen-bond acceptors (Lipinski definition) is 4. The van der Waals surface area contributed by atoms with Crippen LogP contribution in [-0.2, 0) is 4.79 Å². The van der Waals surface area contributed by atoms with Gasteiger partial charge in [0.2, 0.25) is 0 Å². The number of aromatic nitrogens is 1. The molecule has 0 aromatic carbocycles. The van der Waals surface area contributed by atoms with E-state index in [0.29, 0.717) is 6.29 Å². The molecule has 0 unspecified atom stereocenters. The molecule has 0 atom stereocenters. The van der Waals surface area contributed by atoms with E-state index >= 15 is 0 Å². The van der Waals surface area contributed by atoms with Crippen LogP contribution < -0.4 is 10.9 Å². The van der Waals surface area contributed by atoms with Crippen LogP contribution in [0.2, 0.25) is 0 Å². The van der Waals surface area contributed by atoms with Gasteiger partial charge in [-0.1, -0.05) is 0 Å². The quantitative estimate of drug-likeness (QED) is 0.714. The summed E-state index contributed by atoms with van der Waals surface area (Å²) in [6.45, 7) is 1.53. The Morgan fingerprint density at radius 1 is 1.56 bits per heavy atom. The van der Waals surface area contributed by atoms with Crippen LogP contribution in [0.5, 0.6) is 0 Å². The molecule has 1 aromatic rings. The second-order valence-electron chi connectivity index (χ2n) is 4.39. The van der Waals surface area contributed by atoms with Gasteiger partial charge in [-0.25, -0.2) is 0 Å². The topological polar surface area (TPSA) is 71.4 Å². The monoisotopic (exact) mass is 249 g/mol. The first-order chi connectivity index (χ1) is 8.63. The van der Waals surface area contributed by atoms with E-state index in [1.807, 2.05) is 7.05 Å². The molecule has 2 rings (SSSR count). The van der Waals surface area contributed by atoms with E-state index in [1.165, 1.54) is 6.07 Å². The van der Waals surface area contributed by atoms with Crippen molar-refractivity contribution in [3.05, 3.63) is 34.2 Å². The van der Waals surface area contributed by atoms with Gasteiger partial charge in [-0.3, -0.25) is 9.59 Å². The highest BCUT2D eigenvalue weighted by molar-refractivity contribution is 5.94. The maximum absolute atomic E-state index is 12.1. The molecule has 1 N–H and O–H groups in total. The molecule has 0 saturated carbocycles. The molecule has 0 spiro atoms. The van der Waals surface area contributed by atoms with Crippen molar-refractivity contribution in [1.29, 1.82) is 0 Å². The number of carbonyl (C=O) groups excluding carboxylic acids is 2. The van der Waals surface area contributed by atoms with Crippen molar-refractivity contribution >= 4 is 12.2 Å². The molecule has 1 aliphatic heterocycles. The molecule has 6 heteroatoms. The van der Waals surface area contributed by atoms with E-state index in [9.17, 15) is 14.4 Å². The number of likely N-dealkylation sites (N-methyl/N-ethyl adjacent to an activating group) is 1. The molecule has 6 nitrogen and oxygen atoms in total. The lowest BCUT2D eigenvalue weighted by Gasteiger charge is -2.37. The third-order valence-corrected chi connectivity index (χ3v) is 3.00. The highest BCUT2D eigenvalue weighted by atomic mass is 16.2. The Kier molecular flexibility index (Phi) is 3.57. The van der Waals surface area contributed by atoms with Gasteiger partial charge in [0.1, 0.15) is 11.8 Å². The highest BCUT2D eigenvalue weighted by Gasteiger charge is 2.26. The largest absolute Gasteiger partial charge is 0.345 e. The summed E-state index contributed by atoms with van der Waals surface area (Å²) in [6, 6.07) is 3.28. The Balaban J connectivity index is 2.22. The van der Waals surface area contributed by atoms with Crippen LogP contribution >= 0.6 is 0 Å². The zero-order valence-electron chi connectivity index (χ0n) is 10.1. The Labute approximate surface area is 104 Å². The van der Waals surface area contributed by atoms with Gasteiger partial charge in [-0.2, -0.15) is 0 Å². The fourth-order valence-electron chi connectivity index (χ4n) is 2.04. The summed E-state index contributed by atoms with van der Waals surface area (Å²) >= 11 is 0. The van der Waals surface area contributed by atoms with Crippen LogP contribution in [0, 0.1) is 0 Å². The summed E-state index contributed by atoms with van der Waals surface area (Å²) in [6.07, 6.45) is 2.27. The van der Waals surface area contributed by atoms with E-state index in [1.54, 1.807) is 16.8 Å². The Bertz CT molecular complexity index is 518. The van der Waals surface area contributed by atoms with Crippen molar-refractivity contribution in [1.82, 2.24) is 14.8 Å². The van der Waals surface area contributed by atoms with E-state index in [0.717, 1.165) is 13.1 Å². The summed E-state index contributed by atoms with van der Waals surface area (Å²) in [5, 5.41) is 2.37. The summed E-state index contributed by atoms with van der Waals surface area (Å²) < 4.78 is 1.58. The molecular weight excluding hydrogens is 234 g/mol. The van der Waals surface area contributed by atoms with Crippen molar-refractivity contribution in [3.8, 4) is 0 Å². The number of carbonyl (C=O) groups is 2. The Morgan fingerprint density at radius 3 is 2.89 bits per heavy atom. The van der Waals surface area contributed by atoms with Gasteiger partial charge in [-0.15, -0.1) is 0 Å². The average molecular weight is 249 g/mol. The van der Waals surface area contributed by atoms with E-state index < -0.39 is 5.91 Å². The minimum Gasteiger partial charge on any atom is -0.345 e. The lowest BCUT2D eigenvalue weighted by Crippen LogP contribution is -2.48. The van der Waals surface area contributed by atoms with Crippen LogP contribution in [0.25, 0.3) is 0 Å². The molecule has 0 aliphatic carbocycles. The first kappa shape index (κ1) is 12.5. The van der Waals surface area contributed by atoms with Crippen molar-refractivity contribution in [2.45, 2.75) is 6.04 Å². The summed E-state index contributed by atoms with van der Waals surface area (Å²) in [4.78, 5) is 36.1.